The number of aromatic nitrogens is 2. The molecular formula is C25H23N3O2. The lowest BCUT2D eigenvalue weighted by molar-refractivity contribution is -0.115. The summed E-state index contributed by atoms with van der Waals surface area (Å²) in [5.41, 5.74) is 6.36. The van der Waals surface area contributed by atoms with Gasteiger partial charge in [-0.1, -0.05) is 30.3 Å². The summed E-state index contributed by atoms with van der Waals surface area (Å²) < 4.78 is 7.85. The van der Waals surface area contributed by atoms with Crippen molar-refractivity contribution in [3.63, 3.8) is 0 Å². The van der Waals surface area contributed by atoms with Gasteiger partial charge in [-0.05, 0) is 60.2 Å². The summed E-state index contributed by atoms with van der Waals surface area (Å²) in [6.45, 7) is 0.369. The molecule has 0 fully saturated rings. The highest BCUT2D eigenvalue weighted by Gasteiger charge is 2.12. The number of ether oxygens (including phenoxy) is 1. The van der Waals surface area contributed by atoms with Gasteiger partial charge in [-0.2, -0.15) is 0 Å². The Labute approximate surface area is 175 Å². The largest absolute Gasteiger partial charge is 0.487 e. The van der Waals surface area contributed by atoms with E-state index in [2.05, 4.69) is 28.5 Å². The van der Waals surface area contributed by atoms with Gasteiger partial charge in [-0.3, -0.25) is 4.79 Å². The first-order valence-electron chi connectivity index (χ1n) is 10.3. The van der Waals surface area contributed by atoms with Crippen molar-refractivity contribution in [1.82, 2.24) is 9.38 Å². The van der Waals surface area contributed by atoms with Crippen molar-refractivity contribution in [3.8, 4) is 5.75 Å². The number of nitrogens with one attached hydrogen (secondary N) is 1. The van der Waals surface area contributed by atoms with E-state index in [1.165, 1.54) is 17.5 Å². The molecule has 1 aliphatic rings. The van der Waals surface area contributed by atoms with Gasteiger partial charge in [-0.25, -0.2) is 4.98 Å². The van der Waals surface area contributed by atoms with E-state index >= 15 is 0 Å². The predicted octanol–water partition coefficient (Wildman–Crippen LogP) is 4.58. The molecule has 1 aliphatic carbocycles. The van der Waals surface area contributed by atoms with Gasteiger partial charge in [-0.15, -0.1) is 0 Å². The highest BCUT2D eigenvalue weighted by atomic mass is 16.5. The van der Waals surface area contributed by atoms with Crippen LogP contribution in [0.5, 0.6) is 5.75 Å². The fourth-order valence-corrected chi connectivity index (χ4v) is 4.00. The molecule has 5 nitrogen and oxygen atoms in total. The minimum atomic E-state index is -0.0227. The molecular weight excluding hydrogens is 374 g/mol. The van der Waals surface area contributed by atoms with Crippen molar-refractivity contribution >= 4 is 17.2 Å². The number of anilines is 1. The summed E-state index contributed by atoms with van der Waals surface area (Å²) in [4.78, 5) is 17.0. The fourth-order valence-electron chi connectivity index (χ4n) is 4.00. The first-order chi connectivity index (χ1) is 14.7. The molecule has 1 amide bonds. The van der Waals surface area contributed by atoms with E-state index in [-0.39, 0.29) is 5.91 Å². The Kier molecular flexibility index (Phi) is 4.93. The summed E-state index contributed by atoms with van der Waals surface area (Å²) in [5.74, 6) is 0.674. The molecule has 2 aromatic heterocycles. The smallest absolute Gasteiger partial charge is 0.228 e. The summed E-state index contributed by atoms with van der Waals surface area (Å²) in [6.07, 6.45) is 7.78. The van der Waals surface area contributed by atoms with Gasteiger partial charge in [0.1, 0.15) is 18.0 Å². The lowest BCUT2D eigenvalue weighted by atomic mass is 10.0. The van der Waals surface area contributed by atoms with E-state index < -0.39 is 0 Å². The number of fused-ring (bicyclic) bond motifs is 2. The van der Waals surface area contributed by atoms with Crippen LogP contribution in [0.15, 0.2) is 73.1 Å². The maximum atomic E-state index is 12.5. The molecule has 0 atom stereocenters. The van der Waals surface area contributed by atoms with Crippen LogP contribution >= 0.6 is 0 Å². The van der Waals surface area contributed by atoms with Crippen LogP contribution in [0.25, 0.3) is 5.65 Å². The van der Waals surface area contributed by atoms with Crippen LogP contribution in [0, 0.1) is 0 Å². The van der Waals surface area contributed by atoms with E-state index in [0.717, 1.165) is 35.4 Å². The zero-order chi connectivity index (χ0) is 20.3. The van der Waals surface area contributed by atoms with Crippen molar-refractivity contribution < 1.29 is 9.53 Å². The van der Waals surface area contributed by atoms with Crippen molar-refractivity contribution in [2.24, 2.45) is 0 Å². The van der Waals surface area contributed by atoms with Crippen LogP contribution in [0.2, 0.25) is 0 Å². The molecule has 2 aromatic carbocycles. The second-order valence-electron chi connectivity index (χ2n) is 7.70. The molecule has 4 aromatic rings. The standard InChI is InChI=1S/C25H23N3O2/c29-25(14-18-10-11-19-5-3-6-20(19)13-18)27-21-7-4-8-23(15-21)30-17-22-16-28-12-2-1-9-24(28)26-22/h1-2,4,7-13,15-16H,3,5-6,14,17H2,(H,27,29). The number of rotatable bonds is 6. The maximum absolute atomic E-state index is 12.5. The van der Waals surface area contributed by atoms with E-state index in [1.54, 1.807) is 0 Å². The molecule has 0 saturated heterocycles. The number of hydrogen-bond donors (Lipinski definition) is 1. The van der Waals surface area contributed by atoms with Crippen molar-refractivity contribution in [1.29, 1.82) is 0 Å². The van der Waals surface area contributed by atoms with Crippen LogP contribution in [0.3, 0.4) is 0 Å². The SMILES string of the molecule is O=C(Cc1ccc2c(c1)CCC2)Nc1cccc(OCc2cn3ccccc3n2)c1. The lowest BCUT2D eigenvalue weighted by Crippen LogP contribution is -2.14. The second-order valence-corrected chi connectivity index (χ2v) is 7.70. The fraction of sp³-hybridized carbons (Fsp3) is 0.200. The number of nitrogens with zero attached hydrogens (tertiary/aromatic N) is 2. The number of imidazole rings is 1. The number of benzene rings is 2. The zero-order valence-corrected chi connectivity index (χ0v) is 16.7. The third-order valence-corrected chi connectivity index (χ3v) is 5.45. The minimum absolute atomic E-state index is 0.0227. The Bertz CT molecular complexity index is 1180. The zero-order valence-electron chi connectivity index (χ0n) is 16.7. The summed E-state index contributed by atoms with van der Waals surface area (Å²) >= 11 is 0. The van der Waals surface area contributed by atoms with E-state index in [9.17, 15) is 4.79 Å². The number of aryl methyl sites for hydroxylation is 2. The quantitative estimate of drug-likeness (QED) is 0.518. The Morgan fingerprint density at radius 3 is 2.90 bits per heavy atom. The van der Waals surface area contributed by atoms with Gasteiger partial charge in [0, 0.05) is 24.1 Å². The Morgan fingerprint density at radius 1 is 1.03 bits per heavy atom. The maximum Gasteiger partial charge on any atom is 0.228 e. The highest BCUT2D eigenvalue weighted by molar-refractivity contribution is 5.92. The number of carbonyl (C=O) groups is 1. The third-order valence-electron chi connectivity index (χ3n) is 5.45. The van der Waals surface area contributed by atoms with Crippen LogP contribution in [-0.2, 0) is 30.7 Å². The van der Waals surface area contributed by atoms with Gasteiger partial charge >= 0.3 is 0 Å². The monoisotopic (exact) mass is 397 g/mol. The van der Waals surface area contributed by atoms with Crippen molar-refractivity contribution in [3.05, 3.63) is 95.4 Å². The normalized spacial score (nSPS) is 12.7. The van der Waals surface area contributed by atoms with Gasteiger partial charge in [0.25, 0.3) is 0 Å². The van der Waals surface area contributed by atoms with Crippen LogP contribution in [0.4, 0.5) is 5.69 Å². The molecule has 0 bridgehead atoms. The molecule has 0 spiro atoms. The van der Waals surface area contributed by atoms with Gasteiger partial charge in [0.05, 0.1) is 12.1 Å². The summed E-state index contributed by atoms with van der Waals surface area (Å²) in [5, 5.41) is 2.98. The molecule has 0 saturated carbocycles. The Hall–Kier alpha value is -3.60. The van der Waals surface area contributed by atoms with Crippen LogP contribution in [0.1, 0.15) is 28.8 Å². The van der Waals surface area contributed by atoms with E-state index in [4.69, 9.17) is 4.74 Å². The van der Waals surface area contributed by atoms with Crippen molar-refractivity contribution in [2.45, 2.75) is 32.3 Å². The number of hydrogen-bond acceptors (Lipinski definition) is 3. The average Bonchev–Trinajstić information content (AvgIpc) is 3.38. The molecule has 30 heavy (non-hydrogen) atoms. The molecule has 5 heteroatoms. The molecule has 2 heterocycles. The molecule has 0 radical (unpaired) electrons. The van der Waals surface area contributed by atoms with Crippen LogP contribution < -0.4 is 10.1 Å². The molecule has 0 aliphatic heterocycles. The first-order valence-corrected chi connectivity index (χ1v) is 10.3. The molecule has 1 N–H and O–H groups in total. The Balaban J connectivity index is 1.20. The first kappa shape index (κ1) is 18.4. The lowest BCUT2D eigenvalue weighted by Gasteiger charge is -2.09. The average molecular weight is 397 g/mol. The summed E-state index contributed by atoms with van der Waals surface area (Å²) in [6, 6.07) is 19.8. The molecule has 5 rings (SSSR count). The molecule has 0 unspecified atom stereocenters. The topological polar surface area (TPSA) is 55.6 Å². The number of carbonyl (C=O) groups excluding carboxylic acids is 1. The molecule has 150 valence electrons. The second kappa shape index (κ2) is 8.03. The Morgan fingerprint density at radius 2 is 1.97 bits per heavy atom. The predicted molar refractivity (Wildman–Crippen MR) is 117 cm³/mol. The van der Waals surface area contributed by atoms with E-state index in [0.29, 0.717) is 18.8 Å². The van der Waals surface area contributed by atoms with Gasteiger partial charge < -0.3 is 14.5 Å². The highest BCUT2D eigenvalue weighted by Crippen LogP contribution is 2.23. The van der Waals surface area contributed by atoms with Gasteiger partial charge in [0.15, 0.2) is 0 Å². The minimum Gasteiger partial charge on any atom is -0.487 e. The van der Waals surface area contributed by atoms with Crippen LogP contribution in [-0.4, -0.2) is 15.3 Å². The van der Waals surface area contributed by atoms with Crippen molar-refractivity contribution in [2.75, 3.05) is 5.32 Å². The number of amides is 1. The number of pyridine rings is 1. The van der Waals surface area contributed by atoms with E-state index in [1.807, 2.05) is 59.3 Å². The third kappa shape index (κ3) is 4.06. The van der Waals surface area contributed by atoms with Gasteiger partial charge in [0.2, 0.25) is 5.91 Å². The summed E-state index contributed by atoms with van der Waals surface area (Å²) in [7, 11) is 0.